The molecule has 1 atom stereocenters. The summed E-state index contributed by atoms with van der Waals surface area (Å²) < 4.78 is 0. The summed E-state index contributed by atoms with van der Waals surface area (Å²) in [6.07, 6.45) is 2.41. The summed E-state index contributed by atoms with van der Waals surface area (Å²) in [6, 6.07) is 5.36. The Morgan fingerprint density at radius 3 is 3.06 bits per heavy atom. The molecule has 2 heterocycles. The number of rotatable bonds is 2. The van der Waals surface area contributed by atoms with Gasteiger partial charge in [-0.05, 0) is 18.6 Å². The standard InChI is InChI=1S/C12H14N4O/c1-2-11-12(17)14-5-6-16(11)10-4-3-9(7-13)15-8-10/h3-4,8,11H,2,5-6H2,1H3,(H,14,17). The van der Waals surface area contributed by atoms with Crippen molar-refractivity contribution in [1.82, 2.24) is 10.3 Å². The number of amides is 1. The number of pyridine rings is 1. The molecule has 5 heteroatoms. The lowest BCUT2D eigenvalue weighted by atomic mass is 10.1. The average molecular weight is 230 g/mol. The minimum Gasteiger partial charge on any atom is -0.357 e. The molecule has 0 saturated carbocycles. The molecule has 2 rings (SSSR count). The third kappa shape index (κ3) is 2.21. The third-order valence-electron chi connectivity index (χ3n) is 2.91. The maximum atomic E-state index is 11.7. The lowest BCUT2D eigenvalue weighted by Crippen LogP contribution is -2.55. The highest BCUT2D eigenvalue weighted by Gasteiger charge is 2.28. The molecular formula is C12H14N4O. The molecule has 0 bridgehead atoms. The molecule has 0 radical (unpaired) electrons. The Morgan fingerprint density at radius 1 is 1.65 bits per heavy atom. The first-order chi connectivity index (χ1) is 8.26. The molecule has 17 heavy (non-hydrogen) atoms. The Hall–Kier alpha value is -2.09. The summed E-state index contributed by atoms with van der Waals surface area (Å²) >= 11 is 0. The van der Waals surface area contributed by atoms with Crippen LogP contribution in [0.4, 0.5) is 5.69 Å². The number of aromatic nitrogens is 1. The number of carbonyl (C=O) groups is 1. The van der Waals surface area contributed by atoms with Gasteiger partial charge in [0.25, 0.3) is 0 Å². The van der Waals surface area contributed by atoms with Crippen LogP contribution in [0.3, 0.4) is 0 Å². The van der Waals surface area contributed by atoms with E-state index in [2.05, 4.69) is 10.3 Å². The van der Waals surface area contributed by atoms with Crippen molar-refractivity contribution in [3.05, 3.63) is 24.0 Å². The number of hydrogen-bond donors (Lipinski definition) is 1. The van der Waals surface area contributed by atoms with Crippen molar-refractivity contribution in [1.29, 1.82) is 5.26 Å². The Balaban J connectivity index is 2.25. The highest BCUT2D eigenvalue weighted by molar-refractivity contribution is 5.86. The fourth-order valence-electron chi connectivity index (χ4n) is 2.05. The van der Waals surface area contributed by atoms with Gasteiger partial charge in [0.1, 0.15) is 17.8 Å². The van der Waals surface area contributed by atoms with Gasteiger partial charge in [-0.3, -0.25) is 4.79 Å². The van der Waals surface area contributed by atoms with Gasteiger partial charge in [0.05, 0.1) is 11.9 Å². The molecule has 1 amide bonds. The molecule has 5 nitrogen and oxygen atoms in total. The molecule has 1 saturated heterocycles. The van der Waals surface area contributed by atoms with Gasteiger partial charge >= 0.3 is 0 Å². The van der Waals surface area contributed by atoms with Crippen LogP contribution in [0.1, 0.15) is 19.0 Å². The van der Waals surface area contributed by atoms with E-state index in [1.807, 2.05) is 24.0 Å². The van der Waals surface area contributed by atoms with E-state index < -0.39 is 0 Å². The highest BCUT2D eigenvalue weighted by Crippen LogP contribution is 2.19. The van der Waals surface area contributed by atoms with Crippen molar-refractivity contribution in [3.63, 3.8) is 0 Å². The minimum atomic E-state index is -0.140. The molecule has 1 aromatic heterocycles. The predicted octanol–water partition coefficient (Wildman–Crippen LogP) is 0.668. The monoisotopic (exact) mass is 230 g/mol. The fourth-order valence-corrected chi connectivity index (χ4v) is 2.05. The number of nitrogens with zero attached hydrogens (tertiary/aromatic N) is 3. The summed E-state index contributed by atoms with van der Waals surface area (Å²) in [7, 11) is 0. The molecule has 88 valence electrons. The van der Waals surface area contributed by atoms with Crippen LogP contribution in [-0.4, -0.2) is 30.0 Å². The van der Waals surface area contributed by atoms with E-state index in [0.717, 1.165) is 18.7 Å². The summed E-state index contributed by atoms with van der Waals surface area (Å²) in [4.78, 5) is 17.8. The second-order valence-electron chi connectivity index (χ2n) is 3.92. The molecule has 1 aliphatic heterocycles. The molecule has 0 spiro atoms. The van der Waals surface area contributed by atoms with Crippen molar-refractivity contribution in [2.75, 3.05) is 18.0 Å². The van der Waals surface area contributed by atoms with E-state index >= 15 is 0 Å². The number of hydrogen-bond acceptors (Lipinski definition) is 4. The van der Waals surface area contributed by atoms with Crippen LogP contribution in [0.2, 0.25) is 0 Å². The van der Waals surface area contributed by atoms with E-state index in [4.69, 9.17) is 5.26 Å². The van der Waals surface area contributed by atoms with Crippen molar-refractivity contribution in [2.45, 2.75) is 19.4 Å². The normalized spacial score (nSPS) is 19.6. The Bertz CT molecular complexity index is 449. The smallest absolute Gasteiger partial charge is 0.242 e. The highest BCUT2D eigenvalue weighted by atomic mass is 16.2. The van der Waals surface area contributed by atoms with Gasteiger partial charge in [0.2, 0.25) is 5.91 Å². The number of piperazine rings is 1. The van der Waals surface area contributed by atoms with Crippen LogP contribution in [0.15, 0.2) is 18.3 Å². The number of nitrogens with one attached hydrogen (secondary N) is 1. The van der Waals surface area contributed by atoms with Gasteiger partial charge in [-0.15, -0.1) is 0 Å². The van der Waals surface area contributed by atoms with Crippen LogP contribution in [-0.2, 0) is 4.79 Å². The average Bonchev–Trinajstić information content (AvgIpc) is 2.38. The molecule has 1 aliphatic rings. The molecule has 1 aromatic rings. The Kier molecular flexibility index (Phi) is 3.24. The summed E-state index contributed by atoms with van der Waals surface area (Å²) in [6.45, 7) is 3.41. The molecule has 1 unspecified atom stereocenters. The van der Waals surface area contributed by atoms with Crippen LogP contribution in [0.25, 0.3) is 0 Å². The first kappa shape index (κ1) is 11.4. The molecule has 1 N–H and O–H groups in total. The van der Waals surface area contributed by atoms with E-state index in [9.17, 15) is 4.79 Å². The first-order valence-corrected chi connectivity index (χ1v) is 5.66. The largest absolute Gasteiger partial charge is 0.357 e. The second-order valence-corrected chi connectivity index (χ2v) is 3.92. The van der Waals surface area contributed by atoms with Gasteiger partial charge in [-0.25, -0.2) is 4.98 Å². The van der Waals surface area contributed by atoms with Crippen LogP contribution < -0.4 is 10.2 Å². The van der Waals surface area contributed by atoms with Crippen molar-refractivity contribution < 1.29 is 4.79 Å². The topological polar surface area (TPSA) is 69.0 Å². The number of carbonyl (C=O) groups excluding carboxylic acids is 1. The van der Waals surface area contributed by atoms with Gasteiger partial charge in [-0.2, -0.15) is 5.26 Å². The maximum absolute atomic E-state index is 11.7. The lowest BCUT2D eigenvalue weighted by Gasteiger charge is -2.36. The summed E-state index contributed by atoms with van der Waals surface area (Å²) in [5.41, 5.74) is 1.29. The third-order valence-corrected chi connectivity index (χ3v) is 2.91. The van der Waals surface area contributed by atoms with Crippen LogP contribution >= 0.6 is 0 Å². The van der Waals surface area contributed by atoms with Crippen molar-refractivity contribution in [3.8, 4) is 6.07 Å². The van der Waals surface area contributed by atoms with Crippen LogP contribution in [0.5, 0.6) is 0 Å². The van der Waals surface area contributed by atoms with Crippen LogP contribution in [0, 0.1) is 11.3 Å². The first-order valence-electron chi connectivity index (χ1n) is 5.66. The Morgan fingerprint density at radius 2 is 2.47 bits per heavy atom. The van der Waals surface area contributed by atoms with Crippen molar-refractivity contribution in [2.24, 2.45) is 0 Å². The van der Waals surface area contributed by atoms with Gasteiger partial charge in [0, 0.05) is 13.1 Å². The summed E-state index contributed by atoms with van der Waals surface area (Å²) in [5, 5.41) is 11.5. The van der Waals surface area contributed by atoms with E-state index in [1.165, 1.54) is 0 Å². The second kappa shape index (κ2) is 4.83. The molecule has 0 aromatic carbocycles. The lowest BCUT2D eigenvalue weighted by molar-refractivity contribution is -0.123. The Labute approximate surface area is 100 Å². The maximum Gasteiger partial charge on any atom is 0.242 e. The minimum absolute atomic E-state index is 0.0584. The van der Waals surface area contributed by atoms with E-state index in [0.29, 0.717) is 12.2 Å². The fraction of sp³-hybridized carbons (Fsp3) is 0.417. The van der Waals surface area contributed by atoms with Crippen molar-refractivity contribution >= 4 is 11.6 Å². The van der Waals surface area contributed by atoms with E-state index in [-0.39, 0.29) is 11.9 Å². The zero-order chi connectivity index (χ0) is 12.3. The number of anilines is 1. The quantitative estimate of drug-likeness (QED) is 0.810. The number of nitriles is 1. The predicted molar refractivity (Wildman–Crippen MR) is 63.4 cm³/mol. The summed E-state index contributed by atoms with van der Waals surface area (Å²) in [5.74, 6) is 0.0584. The molecular weight excluding hydrogens is 216 g/mol. The van der Waals surface area contributed by atoms with Gasteiger partial charge in [0.15, 0.2) is 0 Å². The molecule has 1 fully saturated rings. The van der Waals surface area contributed by atoms with E-state index in [1.54, 1.807) is 12.3 Å². The van der Waals surface area contributed by atoms with Gasteiger partial charge < -0.3 is 10.2 Å². The zero-order valence-electron chi connectivity index (χ0n) is 9.68. The van der Waals surface area contributed by atoms with Gasteiger partial charge in [-0.1, -0.05) is 6.92 Å². The zero-order valence-corrected chi connectivity index (χ0v) is 9.68. The SMILES string of the molecule is CCC1C(=O)NCCN1c1ccc(C#N)nc1. The molecule has 0 aliphatic carbocycles.